The summed E-state index contributed by atoms with van der Waals surface area (Å²) in [7, 11) is 1.85. The maximum absolute atomic E-state index is 12.5. The molecule has 0 radical (unpaired) electrons. The Morgan fingerprint density at radius 2 is 1.70 bits per heavy atom. The van der Waals surface area contributed by atoms with Crippen LogP contribution in [-0.4, -0.2) is 16.4 Å². The number of aliphatic imine (C=N–C) groups is 1. The number of aromatic nitrogens is 1. The van der Waals surface area contributed by atoms with Gasteiger partial charge in [-0.3, -0.25) is 4.79 Å². The highest BCUT2D eigenvalue weighted by Gasteiger charge is 2.20. The molecule has 1 aromatic heterocycles. The van der Waals surface area contributed by atoms with Crippen molar-refractivity contribution in [1.82, 2.24) is 4.57 Å². The van der Waals surface area contributed by atoms with Crippen molar-refractivity contribution < 1.29 is 4.79 Å². The lowest BCUT2D eigenvalue weighted by Crippen LogP contribution is -2.25. The molecule has 0 saturated carbocycles. The summed E-state index contributed by atoms with van der Waals surface area (Å²) in [4.78, 5) is 16.2. The monoisotopic (exact) mass is 306 g/mol. The molecule has 3 rings (SSSR count). The molecular formula is C18H18N4O. The van der Waals surface area contributed by atoms with E-state index < -0.39 is 5.91 Å². The van der Waals surface area contributed by atoms with Gasteiger partial charge in [-0.2, -0.15) is 4.99 Å². The number of nitrogens with two attached hydrogens (primary N) is 2. The van der Waals surface area contributed by atoms with Crippen LogP contribution in [0.5, 0.6) is 0 Å². The SMILES string of the molecule is Cn1c(C(=O)N=C(N)N)c(Cc2ccccc2)c2ccccc21. The van der Waals surface area contributed by atoms with Gasteiger partial charge in [-0.1, -0.05) is 48.5 Å². The molecule has 5 heteroatoms. The second kappa shape index (κ2) is 5.96. The minimum absolute atomic E-state index is 0.231. The molecule has 116 valence electrons. The fourth-order valence-corrected chi connectivity index (χ4v) is 2.89. The van der Waals surface area contributed by atoms with Gasteiger partial charge in [0.2, 0.25) is 0 Å². The van der Waals surface area contributed by atoms with Gasteiger partial charge in [0.15, 0.2) is 5.96 Å². The lowest BCUT2D eigenvalue weighted by Gasteiger charge is -2.05. The van der Waals surface area contributed by atoms with Gasteiger partial charge in [0.25, 0.3) is 5.91 Å². The summed E-state index contributed by atoms with van der Waals surface area (Å²) in [5.41, 5.74) is 14.3. The van der Waals surface area contributed by atoms with Gasteiger partial charge in [-0.05, 0) is 17.2 Å². The molecule has 0 atom stereocenters. The van der Waals surface area contributed by atoms with Crippen LogP contribution in [0.3, 0.4) is 0 Å². The molecular weight excluding hydrogens is 288 g/mol. The number of hydrogen-bond acceptors (Lipinski definition) is 1. The summed E-state index contributed by atoms with van der Waals surface area (Å²) in [5.74, 6) is -0.652. The summed E-state index contributed by atoms with van der Waals surface area (Å²) >= 11 is 0. The van der Waals surface area contributed by atoms with Crippen LogP contribution in [-0.2, 0) is 13.5 Å². The van der Waals surface area contributed by atoms with Crippen LogP contribution in [0.15, 0.2) is 59.6 Å². The summed E-state index contributed by atoms with van der Waals surface area (Å²) in [5, 5.41) is 1.04. The van der Waals surface area contributed by atoms with E-state index in [9.17, 15) is 4.79 Å². The molecule has 0 bridgehead atoms. The number of amides is 1. The van der Waals surface area contributed by atoms with Gasteiger partial charge in [0, 0.05) is 24.4 Å². The molecule has 1 heterocycles. The predicted molar refractivity (Wildman–Crippen MR) is 92.3 cm³/mol. The Hall–Kier alpha value is -3.08. The lowest BCUT2D eigenvalue weighted by atomic mass is 10.0. The van der Waals surface area contributed by atoms with Crippen LogP contribution in [0.2, 0.25) is 0 Å². The number of guanidine groups is 1. The summed E-state index contributed by atoms with van der Waals surface area (Å²) < 4.78 is 1.85. The highest BCUT2D eigenvalue weighted by atomic mass is 16.1. The van der Waals surface area contributed by atoms with E-state index in [0.717, 1.165) is 22.0 Å². The molecule has 0 aliphatic rings. The van der Waals surface area contributed by atoms with Crippen molar-refractivity contribution in [2.45, 2.75) is 6.42 Å². The van der Waals surface area contributed by atoms with Crippen molar-refractivity contribution >= 4 is 22.8 Å². The number of nitrogens with zero attached hydrogens (tertiary/aromatic N) is 2. The zero-order valence-electron chi connectivity index (χ0n) is 12.9. The average molecular weight is 306 g/mol. The molecule has 2 aromatic carbocycles. The number of aryl methyl sites for hydroxylation is 1. The van der Waals surface area contributed by atoms with Crippen molar-refractivity contribution in [1.29, 1.82) is 0 Å². The van der Waals surface area contributed by atoms with Gasteiger partial charge in [0.1, 0.15) is 5.69 Å². The minimum Gasteiger partial charge on any atom is -0.370 e. The molecule has 4 N–H and O–H groups in total. The van der Waals surface area contributed by atoms with Crippen molar-refractivity contribution in [3.63, 3.8) is 0 Å². The maximum Gasteiger partial charge on any atom is 0.297 e. The zero-order chi connectivity index (χ0) is 16.4. The number of carbonyl (C=O) groups excluding carboxylic acids is 1. The van der Waals surface area contributed by atoms with E-state index in [2.05, 4.69) is 4.99 Å². The Kier molecular flexibility index (Phi) is 3.85. The van der Waals surface area contributed by atoms with Crippen LogP contribution in [0.4, 0.5) is 0 Å². The topological polar surface area (TPSA) is 86.4 Å². The van der Waals surface area contributed by atoms with Crippen molar-refractivity contribution in [3.05, 3.63) is 71.4 Å². The van der Waals surface area contributed by atoms with E-state index >= 15 is 0 Å². The average Bonchev–Trinajstić information content (AvgIpc) is 2.81. The fourth-order valence-electron chi connectivity index (χ4n) is 2.89. The van der Waals surface area contributed by atoms with Gasteiger partial charge >= 0.3 is 0 Å². The first-order chi connectivity index (χ1) is 11.1. The first-order valence-electron chi connectivity index (χ1n) is 7.32. The molecule has 0 aliphatic heterocycles. The number of carbonyl (C=O) groups is 1. The van der Waals surface area contributed by atoms with Crippen LogP contribution in [0, 0.1) is 0 Å². The van der Waals surface area contributed by atoms with Crippen molar-refractivity contribution in [3.8, 4) is 0 Å². The standard InChI is InChI=1S/C18H18N4O/c1-22-15-10-6-5-9-13(15)14(11-12-7-3-2-4-8-12)16(22)17(23)21-18(19)20/h2-10H,11H2,1H3,(H4,19,20,21,23). The van der Waals surface area contributed by atoms with Gasteiger partial charge in [0.05, 0.1) is 0 Å². The lowest BCUT2D eigenvalue weighted by molar-refractivity contribution is 0.0994. The van der Waals surface area contributed by atoms with Crippen LogP contribution < -0.4 is 11.5 Å². The number of hydrogen-bond donors (Lipinski definition) is 2. The zero-order valence-corrected chi connectivity index (χ0v) is 12.9. The third-order valence-electron chi connectivity index (χ3n) is 3.87. The fraction of sp³-hybridized carbons (Fsp3) is 0.111. The Morgan fingerprint density at radius 1 is 1.04 bits per heavy atom. The van der Waals surface area contributed by atoms with E-state index in [1.54, 1.807) is 0 Å². The molecule has 23 heavy (non-hydrogen) atoms. The molecule has 5 nitrogen and oxygen atoms in total. The third-order valence-corrected chi connectivity index (χ3v) is 3.87. The summed E-state index contributed by atoms with van der Waals surface area (Å²) in [6, 6.07) is 17.9. The Balaban J connectivity index is 2.21. The maximum atomic E-state index is 12.5. The minimum atomic E-state index is -0.422. The van der Waals surface area contributed by atoms with Crippen LogP contribution in [0.25, 0.3) is 10.9 Å². The van der Waals surface area contributed by atoms with Crippen molar-refractivity contribution in [2.75, 3.05) is 0 Å². The normalized spacial score (nSPS) is 10.7. The Bertz CT molecular complexity index is 890. The van der Waals surface area contributed by atoms with E-state index in [-0.39, 0.29) is 5.96 Å². The first-order valence-corrected chi connectivity index (χ1v) is 7.32. The molecule has 1 amide bonds. The number of rotatable bonds is 3. The van der Waals surface area contributed by atoms with Crippen LogP contribution >= 0.6 is 0 Å². The summed E-state index contributed by atoms with van der Waals surface area (Å²) in [6.07, 6.45) is 0.642. The quantitative estimate of drug-likeness (QED) is 0.574. The largest absolute Gasteiger partial charge is 0.370 e. The molecule has 3 aromatic rings. The Labute approximate surface area is 134 Å². The van der Waals surface area contributed by atoms with Crippen LogP contribution in [0.1, 0.15) is 21.6 Å². The molecule has 0 saturated heterocycles. The summed E-state index contributed by atoms with van der Waals surface area (Å²) in [6.45, 7) is 0. The highest BCUT2D eigenvalue weighted by molar-refractivity contribution is 6.06. The smallest absolute Gasteiger partial charge is 0.297 e. The van der Waals surface area contributed by atoms with E-state index in [1.165, 1.54) is 0 Å². The van der Waals surface area contributed by atoms with Gasteiger partial charge in [-0.15, -0.1) is 0 Å². The first kappa shape index (κ1) is 14.8. The second-order valence-corrected chi connectivity index (χ2v) is 5.41. The second-order valence-electron chi connectivity index (χ2n) is 5.41. The number of benzene rings is 2. The van der Waals surface area contributed by atoms with E-state index in [4.69, 9.17) is 11.5 Å². The molecule has 0 unspecified atom stereocenters. The van der Waals surface area contributed by atoms with Crippen molar-refractivity contribution in [2.24, 2.45) is 23.5 Å². The Morgan fingerprint density at radius 3 is 2.39 bits per heavy atom. The van der Waals surface area contributed by atoms with Gasteiger partial charge < -0.3 is 16.0 Å². The molecule has 0 aliphatic carbocycles. The van der Waals surface area contributed by atoms with E-state index in [0.29, 0.717) is 12.1 Å². The highest BCUT2D eigenvalue weighted by Crippen LogP contribution is 2.28. The van der Waals surface area contributed by atoms with Gasteiger partial charge in [-0.25, -0.2) is 0 Å². The number of para-hydroxylation sites is 1. The number of fused-ring (bicyclic) bond motifs is 1. The molecule has 0 fully saturated rings. The molecule has 0 spiro atoms. The third kappa shape index (κ3) is 2.81. The van der Waals surface area contributed by atoms with E-state index in [1.807, 2.05) is 66.2 Å². The predicted octanol–water partition coefficient (Wildman–Crippen LogP) is 2.18.